The molecule has 1 fully saturated rings. The summed E-state index contributed by atoms with van der Waals surface area (Å²) in [6.07, 6.45) is 2.35. The van der Waals surface area contributed by atoms with Crippen LogP contribution in [0.2, 0.25) is 0 Å². The zero-order chi connectivity index (χ0) is 13.5. The summed E-state index contributed by atoms with van der Waals surface area (Å²) in [5, 5.41) is 3.04. The summed E-state index contributed by atoms with van der Waals surface area (Å²) in [5.41, 5.74) is 0. The molecule has 0 aromatic rings. The summed E-state index contributed by atoms with van der Waals surface area (Å²) in [7, 11) is 6.06. The molecule has 1 N–H and O–H groups in total. The van der Waals surface area contributed by atoms with Gasteiger partial charge in [0.2, 0.25) is 0 Å². The van der Waals surface area contributed by atoms with Gasteiger partial charge in [0.05, 0.1) is 6.61 Å². The first-order valence-corrected chi connectivity index (χ1v) is 6.81. The lowest BCUT2D eigenvalue weighted by atomic mass is 10.0. The summed E-state index contributed by atoms with van der Waals surface area (Å²) in [4.78, 5) is 16.4. The van der Waals surface area contributed by atoms with Crippen LogP contribution in [0.15, 0.2) is 0 Å². The van der Waals surface area contributed by atoms with Crippen LogP contribution in [0.3, 0.4) is 0 Å². The molecular weight excluding hydrogens is 230 g/mol. The number of nitrogens with one attached hydrogen (secondary N) is 1. The summed E-state index contributed by atoms with van der Waals surface area (Å²) >= 11 is 0. The SMILES string of the molecule is CCOC(=O)C(CN(C)C1CCN(C)CC1)NC. The van der Waals surface area contributed by atoms with E-state index in [1.807, 2.05) is 14.0 Å². The molecule has 0 saturated carbocycles. The quantitative estimate of drug-likeness (QED) is 0.687. The fourth-order valence-electron chi connectivity index (χ4n) is 2.40. The number of ether oxygens (including phenoxy) is 1. The van der Waals surface area contributed by atoms with E-state index in [2.05, 4.69) is 29.2 Å². The van der Waals surface area contributed by atoms with Crippen LogP contribution in [0.25, 0.3) is 0 Å². The lowest BCUT2D eigenvalue weighted by Crippen LogP contribution is -2.49. The molecule has 1 unspecified atom stereocenters. The summed E-state index contributed by atoms with van der Waals surface area (Å²) in [6.45, 7) is 5.27. The predicted molar refractivity (Wildman–Crippen MR) is 72.6 cm³/mol. The van der Waals surface area contributed by atoms with Crippen LogP contribution in [-0.4, -0.2) is 75.2 Å². The molecule has 0 spiro atoms. The van der Waals surface area contributed by atoms with Crippen LogP contribution in [-0.2, 0) is 9.53 Å². The van der Waals surface area contributed by atoms with Crippen LogP contribution >= 0.6 is 0 Å². The molecular formula is C13H27N3O2. The number of carbonyl (C=O) groups is 1. The highest BCUT2D eigenvalue weighted by atomic mass is 16.5. The van der Waals surface area contributed by atoms with Gasteiger partial charge < -0.3 is 19.9 Å². The van der Waals surface area contributed by atoms with E-state index in [-0.39, 0.29) is 12.0 Å². The second kappa shape index (κ2) is 7.71. The number of nitrogens with zero attached hydrogens (tertiary/aromatic N) is 2. The first-order chi connectivity index (χ1) is 8.58. The van der Waals surface area contributed by atoms with Crippen molar-refractivity contribution in [2.45, 2.75) is 31.8 Å². The van der Waals surface area contributed by atoms with E-state index >= 15 is 0 Å². The maximum absolute atomic E-state index is 11.7. The average Bonchev–Trinajstić information content (AvgIpc) is 2.36. The number of carbonyl (C=O) groups excluding carboxylic acids is 1. The molecule has 0 aromatic heterocycles. The number of hydrogen-bond acceptors (Lipinski definition) is 5. The number of likely N-dealkylation sites (N-methyl/N-ethyl adjacent to an activating group) is 2. The van der Waals surface area contributed by atoms with Gasteiger partial charge in [-0.2, -0.15) is 0 Å². The summed E-state index contributed by atoms with van der Waals surface area (Å²) in [5.74, 6) is -0.153. The highest BCUT2D eigenvalue weighted by Gasteiger charge is 2.25. The van der Waals surface area contributed by atoms with Gasteiger partial charge in [-0.1, -0.05) is 0 Å². The van der Waals surface area contributed by atoms with Crippen molar-refractivity contribution in [3.8, 4) is 0 Å². The topological polar surface area (TPSA) is 44.8 Å². The van der Waals surface area contributed by atoms with E-state index in [0.29, 0.717) is 19.2 Å². The molecule has 0 radical (unpaired) electrons. The third-order valence-electron chi connectivity index (χ3n) is 3.70. The smallest absolute Gasteiger partial charge is 0.324 e. The number of piperidine rings is 1. The van der Waals surface area contributed by atoms with E-state index in [4.69, 9.17) is 4.74 Å². The number of hydrogen-bond donors (Lipinski definition) is 1. The Morgan fingerprint density at radius 2 is 2.11 bits per heavy atom. The van der Waals surface area contributed by atoms with Gasteiger partial charge >= 0.3 is 5.97 Å². The van der Waals surface area contributed by atoms with Gasteiger partial charge in [-0.25, -0.2) is 0 Å². The lowest BCUT2D eigenvalue weighted by Gasteiger charge is -2.36. The summed E-state index contributed by atoms with van der Waals surface area (Å²) < 4.78 is 5.06. The Morgan fingerprint density at radius 1 is 1.50 bits per heavy atom. The van der Waals surface area contributed by atoms with Gasteiger partial charge in [-0.3, -0.25) is 4.79 Å². The van der Waals surface area contributed by atoms with Gasteiger partial charge in [0.25, 0.3) is 0 Å². The van der Waals surface area contributed by atoms with Gasteiger partial charge in [-0.15, -0.1) is 0 Å². The van der Waals surface area contributed by atoms with Gasteiger partial charge in [0.15, 0.2) is 0 Å². The Bertz CT molecular complexity index is 253. The Hall–Kier alpha value is -0.650. The van der Waals surface area contributed by atoms with Crippen molar-refractivity contribution in [3.63, 3.8) is 0 Å². The maximum Gasteiger partial charge on any atom is 0.324 e. The van der Waals surface area contributed by atoms with E-state index < -0.39 is 0 Å². The molecule has 0 amide bonds. The van der Waals surface area contributed by atoms with Gasteiger partial charge in [0.1, 0.15) is 6.04 Å². The van der Waals surface area contributed by atoms with E-state index in [1.165, 1.54) is 12.8 Å². The molecule has 0 bridgehead atoms. The molecule has 0 aromatic carbocycles. The predicted octanol–water partition coefficient (Wildman–Crippen LogP) is 0.164. The summed E-state index contributed by atoms with van der Waals surface area (Å²) in [6, 6.07) is 0.348. The third-order valence-corrected chi connectivity index (χ3v) is 3.70. The molecule has 5 heteroatoms. The number of likely N-dealkylation sites (tertiary alicyclic amines) is 1. The van der Waals surface area contributed by atoms with Crippen molar-refractivity contribution in [2.24, 2.45) is 0 Å². The second-order valence-electron chi connectivity index (χ2n) is 5.07. The number of esters is 1. The van der Waals surface area contributed by atoms with Crippen molar-refractivity contribution < 1.29 is 9.53 Å². The van der Waals surface area contributed by atoms with E-state index in [9.17, 15) is 4.79 Å². The Balaban J connectivity index is 2.41. The molecule has 18 heavy (non-hydrogen) atoms. The molecule has 1 aliphatic rings. The fraction of sp³-hybridized carbons (Fsp3) is 0.923. The first kappa shape index (κ1) is 15.4. The zero-order valence-electron chi connectivity index (χ0n) is 12.1. The minimum Gasteiger partial charge on any atom is -0.465 e. The Labute approximate surface area is 110 Å². The van der Waals surface area contributed by atoms with Crippen molar-refractivity contribution in [1.82, 2.24) is 15.1 Å². The number of rotatable bonds is 6. The largest absolute Gasteiger partial charge is 0.465 e. The van der Waals surface area contributed by atoms with Crippen molar-refractivity contribution in [1.29, 1.82) is 0 Å². The first-order valence-electron chi connectivity index (χ1n) is 6.81. The molecule has 1 saturated heterocycles. The fourth-order valence-corrected chi connectivity index (χ4v) is 2.40. The second-order valence-corrected chi connectivity index (χ2v) is 5.07. The van der Waals surface area contributed by atoms with Crippen LogP contribution in [0.1, 0.15) is 19.8 Å². The minimum atomic E-state index is -0.227. The van der Waals surface area contributed by atoms with Crippen LogP contribution in [0, 0.1) is 0 Å². The molecule has 0 aliphatic carbocycles. The lowest BCUT2D eigenvalue weighted by molar-refractivity contribution is -0.146. The highest BCUT2D eigenvalue weighted by Crippen LogP contribution is 2.14. The maximum atomic E-state index is 11.7. The van der Waals surface area contributed by atoms with Crippen LogP contribution in [0.5, 0.6) is 0 Å². The molecule has 5 nitrogen and oxygen atoms in total. The normalized spacial score (nSPS) is 20.1. The van der Waals surface area contributed by atoms with Crippen molar-refractivity contribution in [2.75, 3.05) is 47.4 Å². The average molecular weight is 257 g/mol. The Kier molecular flexibility index (Phi) is 6.60. The van der Waals surface area contributed by atoms with E-state index in [1.54, 1.807) is 0 Å². The van der Waals surface area contributed by atoms with Crippen molar-refractivity contribution >= 4 is 5.97 Å². The zero-order valence-corrected chi connectivity index (χ0v) is 12.1. The molecule has 1 atom stereocenters. The molecule has 1 heterocycles. The van der Waals surface area contributed by atoms with Crippen LogP contribution in [0.4, 0.5) is 0 Å². The molecule has 106 valence electrons. The standard InChI is InChI=1S/C13H27N3O2/c1-5-18-13(17)12(14-2)10-16(4)11-6-8-15(3)9-7-11/h11-12,14H,5-10H2,1-4H3. The monoisotopic (exact) mass is 257 g/mol. The van der Waals surface area contributed by atoms with Gasteiger partial charge in [0, 0.05) is 12.6 Å². The Morgan fingerprint density at radius 3 is 2.61 bits per heavy atom. The third kappa shape index (κ3) is 4.55. The molecule has 1 aliphatic heterocycles. The minimum absolute atomic E-state index is 0.153. The van der Waals surface area contributed by atoms with E-state index in [0.717, 1.165) is 13.1 Å². The van der Waals surface area contributed by atoms with Gasteiger partial charge in [-0.05, 0) is 54.0 Å². The highest BCUT2D eigenvalue weighted by molar-refractivity contribution is 5.76. The van der Waals surface area contributed by atoms with Crippen molar-refractivity contribution in [3.05, 3.63) is 0 Å². The van der Waals surface area contributed by atoms with Crippen LogP contribution < -0.4 is 5.32 Å². The molecule has 1 rings (SSSR count).